The summed E-state index contributed by atoms with van der Waals surface area (Å²) >= 11 is 0. The molecule has 0 spiro atoms. The topological polar surface area (TPSA) is 569 Å². The van der Waals surface area contributed by atoms with Gasteiger partial charge < -0.3 is 90.4 Å². The summed E-state index contributed by atoms with van der Waals surface area (Å²) in [4.78, 5) is 213. The molecule has 103 heavy (non-hydrogen) atoms. The van der Waals surface area contributed by atoms with Crippen molar-refractivity contribution in [3.05, 3.63) is 102 Å². The molecule has 1 aromatic heterocycles. The number of aromatic nitrogens is 1. The summed E-state index contributed by atoms with van der Waals surface area (Å²) in [6.45, 7) is 9.81. The van der Waals surface area contributed by atoms with E-state index in [1.165, 1.54) is 52.2 Å². The molecule has 20 N–H and O–H groups in total. The molecule has 0 saturated heterocycles. The second-order valence-corrected chi connectivity index (χ2v) is 24.5. The second kappa shape index (κ2) is 44.2. The maximum atomic E-state index is 14.2. The van der Waals surface area contributed by atoms with E-state index in [1.807, 2.05) is 0 Å². The summed E-state index contributed by atoms with van der Waals surface area (Å²) in [6, 6.07) is 5.95. The van der Waals surface area contributed by atoms with Crippen molar-refractivity contribution >= 4 is 107 Å². The lowest BCUT2D eigenvalue weighted by atomic mass is 10.00. The van der Waals surface area contributed by atoms with Gasteiger partial charge in [0.15, 0.2) is 5.96 Å². The Bertz CT molecular complexity index is 3490. The SMILES string of the molecule is CC(C)C[C@H](NC(=O)[C@H](C)NC(=O)CNC(=O)[C@H](C)NC(=O)[C@H](CCCNC(=N)N)NC(=O)[C@@H](NC(=O)[C@H](Cc1ccccc1)NC(=O)CNC(=O)[C@H](C)NC(=O)CNC(=O)[C@H](C)NC(=O)[C@H](Cc1ccccc1)NC(=O)[C@H](CCC(=O)O)NC(=O)/C=N/NC(=O)c1ccncc1)C(C)C)C(=O)O. The molecule has 0 aliphatic heterocycles. The molecular formula is C66H93N19O18. The highest BCUT2D eigenvalue weighted by atomic mass is 16.4. The summed E-state index contributed by atoms with van der Waals surface area (Å²) < 4.78 is 0. The Hall–Kier alpha value is -12.0. The van der Waals surface area contributed by atoms with Gasteiger partial charge in [0.05, 0.1) is 19.6 Å². The number of aliphatic carboxylic acids is 2. The summed E-state index contributed by atoms with van der Waals surface area (Å²) in [7, 11) is 0. The Morgan fingerprint density at radius 1 is 0.476 bits per heavy atom. The van der Waals surface area contributed by atoms with E-state index in [4.69, 9.17) is 11.1 Å². The predicted octanol–water partition coefficient (Wildman–Crippen LogP) is -4.53. The minimum atomic E-state index is -1.54. The minimum Gasteiger partial charge on any atom is -0.481 e. The fraction of sp³-hybridized carbons (Fsp3) is 0.470. The van der Waals surface area contributed by atoms with Crippen LogP contribution in [0.2, 0.25) is 0 Å². The average Bonchev–Trinajstić information content (AvgIpc) is 1.01. The van der Waals surface area contributed by atoms with Crippen molar-refractivity contribution in [2.75, 3.05) is 26.2 Å². The Balaban J connectivity index is 1.63. The van der Waals surface area contributed by atoms with Crippen LogP contribution in [0.5, 0.6) is 0 Å². The Kier molecular flexibility index (Phi) is 36.6. The molecule has 0 saturated carbocycles. The third-order valence-corrected chi connectivity index (χ3v) is 14.9. The molecule has 10 atom stereocenters. The Morgan fingerprint density at radius 3 is 1.38 bits per heavy atom. The maximum absolute atomic E-state index is 14.2. The molecule has 0 unspecified atom stereocenters. The molecule has 0 aliphatic rings. The number of nitrogens with zero attached hydrogens (tertiary/aromatic N) is 2. The van der Waals surface area contributed by atoms with Crippen LogP contribution in [0, 0.1) is 17.2 Å². The van der Waals surface area contributed by atoms with Crippen LogP contribution >= 0.6 is 0 Å². The third-order valence-electron chi connectivity index (χ3n) is 14.9. The number of hydrogen-bond acceptors (Lipinski definition) is 19. The first kappa shape index (κ1) is 85.3. The van der Waals surface area contributed by atoms with Crippen molar-refractivity contribution in [2.45, 2.75) is 161 Å². The molecule has 1 heterocycles. The molecule has 2 aromatic carbocycles. The monoisotopic (exact) mass is 1440 g/mol. The molecule has 560 valence electrons. The van der Waals surface area contributed by atoms with E-state index in [2.05, 4.69) is 89.9 Å². The van der Waals surface area contributed by atoms with Gasteiger partial charge in [0.1, 0.15) is 66.6 Å². The van der Waals surface area contributed by atoms with E-state index in [0.717, 1.165) is 0 Å². The molecular weight excluding hydrogens is 1350 g/mol. The highest BCUT2D eigenvalue weighted by Crippen LogP contribution is 2.11. The number of benzene rings is 2. The van der Waals surface area contributed by atoms with Crippen LogP contribution < -0.4 is 85.6 Å². The van der Waals surface area contributed by atoms with Gasteiger partial charge in [0.25, 0.3) is 11.8 Å². The molecule has 0 fully saturated rings. The van der Waals surface area contributed by atoms with Crippen LogP contribution in [0.1, 0.15) is 109 Å². The summed E-state index contributed by atoms with van der Waals surface area (Å²) in [5, 5.41) is 64.1. The van der Waals surface area contributed by atoms with Crippen LogP contribution in [-0.4, -0.2) is 209 Å². The lowest BCUT2D eigenvalue weighted by molar-refractivity contribution is -0.142. The van der Waals surface area contributed by atoms with Gasteiger partial charge in [-0.2, -0.15) is 5.10 Å². The van der Waals surface area contributed by atoms with E-state index in [-0.39, 0.29) is 56.1 Å². The fourth-order valence-electron chi connectivity index (χ4n) is 9.37. The fourth-order valence-corrected chi connectivity index (χ4v) is 9.37. The standard InChI is InChI=1S/C66H93N19O18/c1-35(2)28-48(65(102)103)83-58(95)40(8)76-50(87)32-72-56(93)38(6)77-60(97)44(20-15-25-70-66(67)68)81-64(101)54(36(3)4)84-63(100)46(29-41-16-11-9-12-17-41)80-51(88)33-73-55(92)37(5)75-49(86)31-71-57(94)39(7)78-62(99)47(30-42-18-13-10-14-19-42)82-61(98)45(21-22-53(90)91)79-52(89)34-74-85-59(96)43-23-26-69-27-24-43/h9-14,16-19,23-24,26-27,34-40,44-48,54H,15,20-22,25,28-33H2,1-8H3,(H,71,94)(H,72,93)(H,73,92)(H,75,86)(H,76,87)(H,77,97)(H,78,99)(H,79,89)(H,80,88)(H,81,101)(H,82,98)(H,83,95)(H,84,100)(H,85,96)(H,90,91)(H,102,103)(H4,67,68,70)/b74-34+/t37-,38-,39-,40-,44-,45-,46-,47-,48-,54-/m0/s1. The Labute approximate surface area is 593 Å². The van der Waals surface area contributed by atoms with Crippen molar-refractivity contribution in [2.24, 2.45) is 22.7 Å². The number of rotatable bonds is 43. The average molecular weight is 1440 g/mol. The number of guanidine groups is 1. The van der Waals surface area contributed by atoms with Gasteiger partial charge in [-0.05, 0) is 88.5 Å². The van der Waals surface area contributed by atoms with Gasteiger partial charge in [0.2, 0.25) is 70.9 Å². The van der Waals surface area contributed by atoms with Crippen LogP contribution in [-0.2, 0) is 84.8 Å². The van der Waals surface area contributed by atoms with Crippen LogP contribution in [0.15, 0.2) is 90.3 Å². The van der Waals surface area contributed by atoms with E-state index >= 15 is 0 Å². The number of carboxylic acids is 2. The molecule has 3 aromatic rings. The first-order chi connectivity index (χ1) is 48.6. The molecule has 3 rings (SSSR count). The maximum Gasteiger partial charge on any atom is 0.326 e. The lowest BCUT2D eigenvalue weighted by Crippen LogP contribution is -2.60. The second-order valence-electron chi connectivity index (χ2n) is 24.5. The number of nitrogens with two attached hydrogens (primary N) is 1. The molecule has 0 bridgehead atoms. The normalized spacial score (nSPS) is 13.8. The van der Waals surface area contributed by atoms with Gasteiger partial charge in [-0.15, -0.1) is 0 Å². The molecule has 37 heteroatoms. The highest BCUT2D eigenvalue weighted by Gasteiger charge is 2.34. The van der Waals surface area contributed by atoms with E-state index in [9.17, 15) is 86.9 Å². The van der Waals surface area contributed by atoms with E-state index < -0.39 is 193 Å². The van der Waals surface area contributed by atoms with Gasteiger partial charge in [0, 0.05) is 43.8 Å². The predicted molar refractivity (Wildman–Crippen MR) is 369 cm³/mol. The summed E-state index contributed by atoms with van der Waals surface area (Å²) in [5.41, 5.74) is 8.83. The Morgan fingerprint density at radius 2 is 0.903 bits per heavy atom. The first-order valence-corrected chi connectivity index (χ1v) is 32.8. The first-order valence-electron chi connectivity index (χ1n) is 32.8. The quantitative estimate of drug-likeness (QED) is 0.0110. The molecule has 0 aliphatic carbocycles. The van der Waals surface area contributed by atoms with Crippen LogP contribution in [0.25, 0.3) is 0 Å². The minimum absolute atomic E-state index is 0.0653. The van der Waals surface area contributed by atoms with Crippen molar-refractivity contribution in [1.82, 2.24) is 84.8 Å². The number of hydrogen-bond donors (Lipinski definition) is 19. The van der Waals surface area contributed by atoms with Gasteiger partial charge in [-0.1, -0.05) is 88.4 Å². The largest absolute Gasteiger partial charge is 0.481 e. The number of carbonyl (C=O) groups excluding carboxylic acids is 14. The van der Waals surface area contributed by atoms with Gasteiger partial charge in [-0.3, -0.25) is 82.3 Å². The van der Waals surface area contributed by atoms with Crippen molar-refractivity contribution < 1.29 is 86.9 Å². The van der Waals surface area contributed by atoms with Crippen LogP contribution in [0.4, 0.5) is 0 Å². The third kappa shape index (κ3) is 33.2. The van der Waals surface area contributed by atoms with E-state index in [1.54, 1.807) is 88.4 Å². The molecule has 14 amide bonds. The number of carbonyl (C=O) groups is 16. The lowest BCUT2D eigenvalue weighted by Gasteiger charge is -2.28. The number of amides is 14. The number of carboxylic acid groups (broad SMARTS) is 2. The van der Waals surface area contributed by atoms with Gasteiger partial charge in [-0.25, -0.2) is 10.2 Å². The van der Waals surface area contributed by atoms with E-state index in [0.29, 0.717) is 17.3 Å². The van der Waals surface area contributed by atoms with Gasteiger partial charge >= 0.3 is 11.9 Å². The number of hydrazone groups is 1. The number of pyridine rings is 1. The molecule has 37 nitrogen and oxygen atoms in total. The zero-order chi connectivity index (χ0) is 76.9. The highest BCUT2D eigenvalue weighted by molar-refractivity contribution is 6.27. The zero-order valence-corrected chi connectivity index (χ0v) is 58.3. The molecule has 0 radical (unpaired) electrons. The van der Waals surface area contributed by atoms with Crippen molar-refractivity contribution in [1.29, 1.82) is 5.41 Å². The summed E-state index contributed by atoms with van der Waals surface area (Å²) in [6.07, 6.45) is 2.20. The van der Waals surface area contributed by atoms with Crippen LogP contribution in [0.3, 0.4) is 0 Å². The number of nitrogens with one attached hydrogen (secondary N) is 16. The zero-order valence-electron chi connectivity index (χ0n) is 58.3. The van der Waals surface area contributed by atoms with Crippen molar-refractivity contribution in [3.63, 3.8) is 0 Å². The smallest absolute Gasteiger partial charge is 0.326 e. The van der Waals surface area contributed by atoms with Crippen molar-refractivity contribution in [3.8, 4) is 0 Å². The summed E-state index contributed by atoms with van der Waals surface area (Å²) in [5.74, 6) is -15.9.